The average molecular weight is 411 g/mol. The van der Waals surface area contributed by atoms with Gasteiger partial charge >= 0.3 is 0 Å². The van der Waals surface area contributed by atoms with E-state index in [1.807, 2.05) is 0 Å². The monoisotopic (exact) mass is 410 g/mol. The maximum Gasteiger partial charge on any atom is 0.0348 e. The van der Waals surface area contributed by atoms with Crippen molar-refractivity contribution in [1.82, 2.24) is 0 Å². The molecule has 0 saturated carbocycles. The smallest absolute Gasteiger partial charge is 0.0348 e. The number of hydrogen-bond acceptors (Lipinski definition) is 0. The van der Waals surface area contributed by atoms with Gasteiger partial charge in [0.05, 0.1) is 0 Å². The zero-order valence-electron chi connectivity index (χ0n) is 4.57. The molecule has 1 rings (SSSR count). The molecule has 1 atom stereocenters. The van der Waals surface area contributed by atoms with Crippen LogP contribution >= 0.6 is 61.1 Å². The standard InChI is InChI=1S/C6H5BrI2/c7-4-1-5(8)3-6(9)2-4/h1,3,6H,2H2. The summed E-state index contributed by atoms with van der Waals surface area (Å²) in [6.45, 7) is 0. The van der Waals surface area contributed by atoms with E-state index in [1.54, 1.807) is 0 Å². The third-order valence-electron chi connectivity index (χ3n) is 1.02. The van der Waals surface area contributed by atoms with Crippen LogP contribution in [0.15, 0.2) is 20.2 Å². The Hall–Kier alpha value is 1.42. The largest absolute Gasteiger partial charge is 0.0776 e. The lowest BCUT2D eigenvalue weighted by molar-refractivity contribution is 1.08. The molecule has 50 valence electrons. The third kappa shape index (κ3) is 2.88. The van der Waals surface area contributed by atoms with E-state index in [4.69, 9.17) is 0 Å². The van der Waals surface area contributed by atoms with Gasteiger partial charge in [-0.3, -0.25) is 0 Å². The fourth-order valence-electron chi connectivity index (χ4n) is 0.675. The highest BCUT2D eigenvalue weighted by molar-refractivity contribution is 14.1. The summed E-state index contributed by atoms with van der Waals surface area (Å²) in [5, 5.41) is 0. The summed E-state index contributed by atoms with van der Waals surface area (Å²) in [6, 6.07) is 0. The normalized spacial score (nSPS) is 27.2. The molecule has 0 radical (unpaired) electrons. The van der Waals surface area contributed by atoms with Crippen molar-refractivity contribution in [3.63, 3.8) is 0 Å². The lowest BCUT2D eigenvalue weighted by Gasteiger charge is -2.09. The summed E-state index contributed by atoms with van der Waals surface area (Å²) in [5.41, 5.74) is 0. The lowest BCUT2D eigenvalue weighted by Crippen LogP contribution is -1.96. The van der Waals surface area contributed by atoms with Gasteiger partial charge in [-0.2, -0.15) is 0 Å². The molecule has 0 aliphatic heterocycles. The minimum absolute atomic E-state index is 0.675. The second-order valence-electron chi connectivity index (χ2n) is 1.86. The van der Waals surface area contributed by atoms with Crippen molar-refractivity contribution in [2.75, 3.05) is 0 Å². The number of hydrogen-bond donors (Lipinski definition) is 0. The van der Waals surface area contributed by atoms with Crippen molar-refractivity contribution in [1.29, 1.82) is 0 Å². The molecule has 0 aromatic heterocycles. The topological polar surface area (TPSA) is 0 Å². The molecule has 0 spiro atoms. The van der Waals surface area contributed by atoms with Gasteiger partial charge < -0.3 is 0 Å². The van der Waals surface area contributed by atoms with Crippen LogP contribution in [0.4, 0.5) is 0 Å². The van der Waals surface area contributed by atoms with Crippen LogP contribution in [-0.2, 0) is 0 Å². The van der Waals surface area contributed by atoms with Crippen LogP contribution in [0.25, 0.3) is 0 Å². The van der Waals surface area contributed by atoms with E-state index in [-0.39, 0.29) is 0 Å². The van der Waals surface area contributed by atoms with Crippen molar-refractivity contribution >= 4 is 61.1 Å². The predicted octanol–water partition coefficient (Wildman–Crippen LogP) is 3.79. The van der Waals surface area contributed by atoms with Gasteiger partial charge in [0.1, 0.15) is 0 Å². The molecular formula is C6H5BrI2. The van der Waals surface area contributed by atoms with E-state index in [2.05, 4.69) is 73.3 Å². The van der Waals surface area contributed by atoms with Crippen molar-refractivity contribution < 1.29 is 0 Å². The molecule has 0 aromatic rings. The molecule has 0 heterocycles. The van der Waals surface area contributed by atoms with Crippen molar-refractivity contribution in [2.24, 2.45) is 0 Å². The predicted molar refractivity (Wildman–Crippen MR) is 61.5 cm³/mol. The number of alkyl halides is 1. The van der Waals surface area contributed by atoms with E-state index in [0.29, 0.717) is 3.92 Å². The third-order valence-corrected chi connectivity index (χ3v) is 3.05. The van der Waals surface area contributed by atoms with Gasteiger partial charge in [0.25, 0.3) is 0 Å². The Morgan fingerprint density at radius 3 is 2.78 bits per heavy atom. The molecule has 9 heavy (non-hydrogen) atoms. The molecule has 0 nitrogen and oxygen atoms in total. The van der Waals surface area contributed by atoms with Crippen molar-refractivity contribution in [3.05, 3.63) is 20.2 Å². The molecule has 0 N–H and O–H groups in total. The first-order valence-corrected chi connectivity index (χ1v) is 5.67. The summed E-state index contributed by atoms with van der Waals surface area (Å²) in [7, 11) is 0. The summed E-state index contributed by atoms with van der Waals surface area (Å²) in [5.74, 6) is 0. The average Bonchev–Trinajstić information content (AvgIpc) is 1.59. The van der Waals surface area contributed by atoms with E-state index in [0.717, 1.165) is 6.42 Å². The molecule has 0 aromatic carbocycles. The maximum atomic E-state index is 3.48. The van der Waals surface area contributed by atoms with Crippen LogP contribution in [-0.4, -0.2) is 3.92 Å². The van der Waals surface area contributed by atoms with Gasteiger partial charge in [-0.05, 0) is 39.6 Å². The molecule has 0 bridgehead atoms. The Morgan fingerprint density at radius 2 is 2.33 bits per heavy atom. The first-order valence-electron chi connectivity index (χ1n) is 2.56. The second kappa shape index (κ2) is 3.71. The molecule has 1 aliphatic carbocycles. The van der Waals surface area contributed by atoms with Gasteiger partial charge in [-0.15, -0.1) is 0 Å². The second-order valence-corrected chi connectivity index (χ2v) is 5.73. The quantitative estimate of drug-likeness (QED) is 0.421. The van der Waals surface area contributed by atoms with Gasteiger partial charge in [0.15, 0.2) is 0 Å². The zero-order valence-corrected chi connectivity index (χ0v) is 10.5. The molecule has 1 aliphatic rings. The zero-order chi connectivity index (χ0) is 6.85. The van der Waals surface area contributed by atoms with E-state index < -0.39 is 0 Å². The molecule has 0 amide bonds. The first kappa shape index (κ1) is 8.52. The Kier molecular flexibility index (Phi) is 3.51. The summed E-state index contributed by atoms with van der Waals surface area (Å²) < 4.78 is 3.33. The lowest BCUT2D eigenvalue weighted by atomic mass is 10.2. The van der Waals surface area contributed by atoms with Gasteiger partial charge in [0, 0.05) is 7.50 Å². The number of rotatable bonds is 0. The SMILES string of the molecule is BrC1=CC(I)=CC(I)C1. The van der Waals surface area contributed by atoms with Crippen LogP contribution in [0.1, 0.15) is 6.42 Å². The number of halogens is 3. The highest BCUT2D eigenvalue weighted by Gasteiger charge is 2.07. The van der Waals surface area contributed by atoms with Crippen molar-refractivity contribution in [2.45, 2.75) is 10.3 Å². The number of allylic oxidation sites excluding steroid dienone is 4. The Morgan fingerprint density at radius 1 is 1.67 bits per heavy atom. The van der Waals surface area contributed by atoms with Crippen LogP contribution in [0, 0.1) is 0 Å². The molecular weight excluding hydrogens is 406 g/mol. The molecule has 3 heteroatoms. The Balaban J connectivity index is 2.74. The summed E-state index contributed by atoms with van der Waals surface area (Å²) in [6.07, 6.45) is 5.58. The van der Waals surface area contributed by atoms with Crippen molar-refractivity contribution in [3.8, 4) is 0 Å². The highest BCUT2D eigenvalue weighted by Crippen LogP contribution is 2.29. The molecule has 0 fully saturated rings. The van der Waals surface area contributed by atoms with E-state index in [1.165, 1.54) is 8.06 Å². The first-order chi connectivity index (χ1) is 4.18. The summed E-state index contributed by atoms with van der Waals surface area (Å²) >= 11 is 8.25. The molecule has 0 saturated heterocycles. The highest BCUT2D eigenvalue weighted by atomic mass is 127. The maximum absolute atomic E-state index is 3.48. The van der Waals surface area contributed by atoms with Crippen LogP contribution in [0.5, 0.6) is 0 Å². The fourth-order valence-corrected chi connectivity index (χ4v) is 4.66. The van der Waals surface area contributed by atoms with Gasteiger partial charge in [0.2, 0.25) is 0 Å². The Labute approximate surface area is 90.6 Å². The van der Waals surface area contributed by atoms with E-state index in [9.17, 15) is 0 Å². The minimum Gasteiger partial charge on any atom is -0.0776 e. The Bertz CT molecular complexity index is 172. The van der Waals surface area contributed by atoms with Crippen LogP contribution < -0.4 is 0 Å². The van der Waals surface area contributed by atoms with Crippen LogP contribution in [0.3, 0.4) is 0 Å². The minimum atomic E-state index is 0.675. The van der Waals surface area contributed by atoms with E-state index >= 15 is 0 Å². The van der Waals surface area contributed by atoms with Gasteiger partial charge in [-0.1, -0.05) is 44.6 Å². The summed E-state index contributed by atoms with van der Waals surface area (Å²) in [4.78, 5) is 0. The molecule has 1 unspecified atom stereocenters. The van der Waals surface area contributed by atoms with Gasteiger partial charge in [-0.25, -0.2) is 0 Å². The fraction of sp³-hybridized carbons (Fsp3) is 0.333. The van der Waals surface area contributed by atoms with Crippen LogP contribution in [0.2, 0.25) is 0 Å².